The zero-order valence-corrected chi connectivity index (χ0v) is 80.9. The molecule has 4 aromatic carbocycles. The van der Waals surface area contributed by atoms with Crippen molar-refractivity contribution in [3.63, 3.8) is 0 Å². The maximum absolute atomic E-state index is 13.4. The van der Waals surface area contributed by atoms with Crippen LogP contribution in [0.25, 0.3) is 50.6 Å². The number of rotatable bonds is 24. The fourth-order valence-corrected chi connectivity index (χ4v) is 15.9. The summed E-state index contributed by atoms with van der Waals surface area (Å²) in [6.45, 7) is 9.42. The molecule has 13 heterocycles. The van der Waals surface area contributed by atoms with E-state index in [1.165, 1.54) is 60.4 Å². The monoisotopic (exact) mass is 2020 g/mol. The molecule has 0 bridgehead atoms. The number of ketones is 4. The summed E-state index contributed by atoms with van der Waals surface area (Å²) in [5, 5.41) is 44.4. The van der Waals surface area contributed by atoms with E-state index in [2.05, 4.69) is 107 Å². The largest absolute Gasteiger partial charge is 0.391 e. The number of benzene rings is 4. The summed E-state index contributed by atoms with van der Waals surface area (Å²) in [5.41, 5.74) is 10.5. The van der Waals surface area contributed by atoms with Crippen LogP contribution in [-0.4, -0.2) is 184 Å². The number of Topliss-reactive ketones (excluding diaryl/α,β-unsaturated/α-hetero) is 1. The SMILES string of the molecule is C.C.COOSc1ncc2cc(C(=O)c3ccccc3Cl)n(-c3cc(C)nn3C)c2n1.CSc1ncc(C=O)c(Nc2cc(C)nn2C)n1.CSc1ncc(CO)c(Nc2cc(C)nn2C)n1.CSc1ncc2cc(C(=O)c3ccccc3Cl)n(-c3cc(C)nn3C)c2n1.CSc1ncc2cc(C(=O)c3ccccc3Cl)n(-c3cc(C)nn3C)c2n1.O=C(CBr)c1ccccc1Cl. The van der Waals surface area contributed by atoms with Crippen molar-refractivity contribution < 1.29 is 38.3 Å². The Morgan fingerprint density at radius 1 is 0.424 bits per heavy atom. The molecule has 17 rings (SSSR count). The van der Waals surface area contributed by atoms with Crippen LogP contribution in [0, 0.1) is 34.6 Å². The van der Waals surface area contributed by atoms with Gasteiger partial charge in [0.2, 0.25) is 22.5 Å². The van der Waals surface area contributed by atoms with Crippen LogP contribution in [-0.2, 0) is 51.1 Å². The molecule has 0 atom stereocenters. The predicted octanol–water partition coefficient (Wildman–Crippen LogP) is 19.5. The number of alkyl halides is 1. The topological polar surface area (TPSA) is 381 Å². The van der Waals surface area contributed by atoms with Crippen molar-refractivity contribution >= 4 is 207 Å². The third-order valence-corrected chi connectivity index (χ3v) is 23.5. The first kappa shape index (κ1) is 102. The Kier molecular flexibility index (Phi) is 36.4. The normalized spacial score (nSPS) is 10.8. The van der Waals surface area contributed by atoms with Crippen molar-refractivity contribution in [2.45, 2.75) is 81.9 Å². The summed E-state index contributed by atoms with van der Waals surface area (Å²) in [6, 6.07) is 42.9. The number of nitrogens with one attached hydrogen (secondary N) is 2. The lowest BCUT2D eigenvalue weighted by atomic mass is 10.1. The number of aliphatic hydroxyl groups is 1. The number of anilines is 4. The second kappa shape index (κ2) is 47.0. The number of halogens is 5. The number of hydrogen-bond donors (Lipinski definition) is 3. The molecule has 0 amide bonds. The molecule has 0 aliphatic rings. The lowest BCUT2D eigenvalue weighted by molar-refractivity contribution is -0.160. The summed E-state index contributed by atoms with van der Waals surface area (Å²) in [4.78, 5) is 110. The van der Waals surface area contributed by atoms with Gasteiger partial charge in [0.25, 0.3) is 0 Å². The zero-order chi connectivity index (χ0) is 93.3. The molecule has 0 saturated heterocycles. The zero-order valence-electron chi connectivity index (χ0n) is 72.3. The van der Waals surface area contributed by atoms with E-state index in [-0.39, 0.29) is 44.6 Å². The van der Waals surface area contributed by atoms with Gasteiger partial charge in [0.15, 0.2) is 49.6 Å². The predicted molar refractivity (Wildman–Crippen MR) is 528 cm³/mol. The molecule has 684 valence electrons. The fraction of sp³-hybridized carbons (Fsp3) is 0.213. The summed E-state index contributed by atoms with van der Waals surface area (Å²) < 4.78 is 18.9. The molecule has 17 aromatic rings. The summed E-state index contributed by atoms with van der Waals surface area (Å²) in [5.74, 6) is 4.33. The van der Waals surface area contributed by atoms with Crippen LogP contribution in [0.1, 0.15) is 118 Å². The molecule has 33 nitrogen and oxygen atoms in total. The Morgan fingerprint density at radius 3 is 1.05 bits per heavy atom. The number of fused-ring (bicyclic) bond motifs is 3. The second-order valence-electron chi connectivity index (χ2n) is 27.9. The average Bonchev–Trinajstić information content (AvgIpc) is 1.60. The van der Waals surface area contributed by atoms with E-state index < -0.39 is 0 Å². The van der Waals surface area contributed by atoms with Crippen LogP contribution in [0.15, 0.2) is 202 Å². The van der Waals surface area contributed by atoms with Crippen molar-refractivity contribution in [3.8, 4) is 17.5 Å². The fourth-order valence-electron chi connectivity index (χ4n) is 13.0. The smallest absolute Gasteiger partial charge is 0.220 e. The van der Waals surface area contributed by atoms with E-state index in [0.717, 1.165) is 80.8 Å². The third kappa shape index (κ3) is 24.2. The molecule has 0 aliphatic carbocycles. The molecule has 0 aliphatic heterocycles. The molecule has 43 heteroatoms. The Balaban J connectivity index is 0.000000167. The number of hydrogen-bond acceptors (Lipinski definition) is 30. The maximum atomic E-state index is 13.4. The standard InChI is InChI=1S/C19H16ClN5O3S.2C19H16ClN5OS.C11H15N5OS.C11H13N5OS.C8H6BrClO.2CH4/c1-11-8-16(24(2)23-11)25-15(17(26)13-6-4-5-7-14(13)20)9-12-10-21-19(22-18(12)25)29-28-27-3;2*1-11-8-16(24(2)23-11)25-15(17(26)13-6-4-5-7-14(13)20)9-12-10-21-19(27-3)22-18(12)25;2*1-7-4-9(16(2)15-7)13-10-8(6-17)5-12-11(14-10)18-3;9-5-8(11)6-3-1-2-4-7(6)10;;/h4-10H,1-3H3;2*4-10H,1-3H3;4-5,17H,6H2,1-3H3,(H,12,13,14);4-6H,1-3H3,(H,12,13,14);1-4H,5H2;2*1H4. The Hall–Kier alpha value is -11.8. The molecule has 0 radical (unpaired) electrons. The van der Waals surface area contributed by atoms with Gasteiger partial charge in [0.1, 0.15) is 52.8 Å². The van der Waals surface area contributed by atoms with Crippen molar-refractivity contribution in [1.29, 1.82) is 0 Å². The van der Waals surface area contributed by atoms with Crippen LogP contribution < -0.4 is 10.6 Å². The van der Waals surface area contributed by atoms with Gasteiger partial charge in [-0.1, -0.05) is 173 Å². The molecule has 0 saturated carbocycles. The number of aliphatic hydroxyl groups excluding tert-OH is 1. The van der Waals surface area contributed by atoms with E-state index >= 15 is 0 Å². The van der Waals surface area contributed by atoms with E-state index in [0.29, 0.717) is 141 Å². The number of aromatic nitrogens is 23. The number of carbonyl (C=O) groups excluding carboxylic acids is 5. The van der Waals surface area contributed by atoms with Crippen molar-refractivity contribution in [1.82, 2.24) is 112 Å². The third-order valence-electron chi connectivity index (χ3n) is 18.9. The van der Waals surface area contributed by atoms with Gasteiger partial charge in [-0.25, -0.2) is 54.7 Å². The first-order valence-electron chi connectivity index (χ1n) is 38.8. The van der Waals surface area contributed by atoms with Crippen LogP contribution in [0.2, 0.25) is 20.1 Å². The molecule has 0 fully saturated rings. The molecule has 0 unspecified atom stereocenters. The molecular formula is C89H90BrCl4N25O8S5. The summed E-state index contributed by atoms with van der Waals surface area (Å²) in [7, 11) is 10.6. The van der Waals surface area contributed by atoms with Crippen LogP contribution in [0.4, 0.5) is 23.3 Å². The van der Waals surface area contributed by atoms with Gasteiger partial charge in [-0.3, -0.25) is 61.1 Å². The Bertz CT molecular complexity index is 6850. The first-order valence-corrected chi connectivity index (χ1v) is 47.1. The molecule has 132 heavy (non-hydrogen) atoms. The second-order valence-corrected chi connectivity index (χ2v) is 33.8. The maximum Gasteiger partial charge on any atom is 0.220 e. The highest BCUT2D eigenvalue weighted by Gasteiger charge is 2.28. The average molecular weight is 2020 g/mol. The number of thioether (sulfide) groups is 4. The van der Waals surface area contributed by atoms with Gasteiger partial charge in [0, 0.05) is 141 Å². The van der Waals surface area contributed by atoms with Gasteiger partial charge in [-0.05, 0) is 126 Å². The highest BCUT2D eigenvalue weighted by atomic mass is 79.9. The van der Waals surface area contributed by atoms with E-state index in [4.69, 9.17) is 50.7 Å². The van der Waals surface area contributed by atoms with E-state index in [1.54, 1.807) is 168 Å². The van der Waals surface area contributed by atoms with Gasteiger partial charge >= 0.3 is 0 Å². The summed E-state index contributed by atoms with van der Waals surface area (Å²) >= 11 is 34.3. The molecule has 0 spiro atoms. The van der Waals surface area contributed by atoms with Crippen LogP contribution in [0.3, 0.4) is 0 Å². The van der Waals surface area contributed by atoms with Crippen molar-refractivity contribution in [3.05, 3.63) is 276 Å². The minimum absolute atomic E-state index is 0. The quantitative estimate of drug-likeness (QED) is 0.00739. The minimum Gasteiger partial charge on any atom is -0.391 e. The van der Waals surface area contributed by atoms with E-state index in [9.17, 15) is 29.1 Å². The van der Waals surface area contributed by atoms with E-state index in [1.807, 2.05) is 134 Å². The number of aryl methyl sites for hydroxylation is 10. The first-order chi connectivity index (χ1) is 62.5. The molecule has 3 N–H and O–H groups in total. The van der Waals surface area contributed by atoms with Crippen molar-refractivity contribution in [2.75, 3.05) is 48.1 Å². The Labute approximate surface area is 809 Å². The number of aldehydes is 1. The Morgan fingerprint density at radius 2 is 0.735 bits per heavy atom. The van der Waals surface area contributed by atoms with Crippen LogP contribution >= 0.6 is 121 Å². The highest BCUT2D eigenvalue weighted by Crippen LogP contribution is 2.34. The van der Waals surface area contributed by atoms with Gasteiger partial charge < -0.3 is 15.7 Å². The molecular weight excluding hydrogens is 1930 g/mol. The van der Waals surface area contributed by atoms with Gasteiger partial charge in [0.05, 0.1) is 90.3 Å². The van der Waals surface area contributed by atoms with Gasteiger partial charge in [-0.2, -0.15) is 29.8 Å². The number of carbonyl (C=O) groups is 5. The lowest BCUT2D eigenvalue weighted by Gasteiger charge is -2.10. The lowest BCUT2D eigenvalue weighted by Crippen LogP contribution is -2.12. The number of nitrogens with zero attached hydrogens (tertiary/aromatic N) is 23. The minimum atomic E-state index is -0.227. The molecule has 13 aromatic heterocycles. The van der Waals surface area contributed by atoms with Gasteiger partial charge in [-0.15, -0.1) is 0 Å². The summed E-state index contributed by atoms with van der Waals surface area (Å²) in [6.07, 6.45) is 16.6. The highest BCUT2D eigenvalue weighted by molar-refractivity contribution is 9.09. The van der Waals surface area contributed by atoms with Crippen LogP contribution in [0.5, 0.6) is 0 Å². The van der Waals surface area contributed by atoms with Crippen molar-refractivity contribution in [2.24, 2.45) is 35.2 Å².